The summed E-state index contributed by atoms with van der Waals surface area (Å²) in [6.07, 6.45) is 1.69. The van der Waals surface area contributed by atoms with Gasteiger partial charge in [0.05, 0.1) is 11.4 Å². The molecule has 1 heterocycles. The number of nitrogens with zero attached hydrogens (tertiary/aromatic N) is 1. The lowest BCUT2D eigenvalue weighted by atomic mass is 10.1. The second-order valence-corrected chi connectivity index (χ2v) is 10.2. The van der Waals surface area contributed by atoms with Crippen molar-refractivity contribution < 1.29 is 14.4 Å². The quantitative estimate of drug-likeness (QED) is 0.261. The zero-order chi connectivity index (χ0) is 22.7. The minimum absolute atomic E-state index is 0.268. The predicted molar refractivity (Wildman–Crippen MR) is 133 cm³/mol. The maximum absolute atomic E-state index is 12.7. The number of hydrogen-bond acceptors (Lipinski definition) is 5. The van der Waals surface area contributed by atoms with Crippen LogP contribution < -0.4 is 0 Å². The number of aryl methyl sites for hydroxylation is 1. The van der Waals surface area contributed by atoms with Crippen LogP contribution in [0.5, 0.6) is 0 Å². The third-order valence-electron chi connectivity index (χ3n) is 4.78. The lowest BCUT2D eigenvalue weighted by Gasteiger charge is -2.11. The van der Waals surface area contributed by atoms with Crippen molar-refractivity contribution >= 4 is 62.5 Å². The van der Waals surface area contributed by atoms with E-state index in [1.807, 2.05) is 24.3 Å². The summed E-state index contributed by atoms with van der Waals surface area (Å²) in [5.41, 5.74) is 2.50. The number of imide groups is 1. The number of ketones is 1. The largest absolute Gasteiger partial charge is 0.293 e. The molecule has 0 aliphatic carbocycles. The van der Waals surface area contributed by atoms with E-state index in [0.717, 1.165) is 36.5 Å². The van der Waals surface area contributed by atoms with Crippen molar-refractivity contribution in [1.82, 2.24) is 4.90 Å². The number of thioether (sulfide) groups is 1. The zero-order valence-corrected chi connectivity index (χ0v) is 20.3. The van der Waals surface area contributed by atoms with E-state index in [9.17, 15) is 14.4 Å². The number of halogens is 1. The highest BCUT2D eigenvalue weighted by Gasteiger charge is 2.36. The molecular weight excluding hydrogens is 506 g/mol. The van der Waals surface area contributed by atoms with Gasteiger partial charge in [-0.05, 0) is 66.7 Å². The van der Waals surface area contributed by atoms with Crippen molar-refractivity contribution in [3.8, 4) is 0 Å². The van der Waals surface area contributed by atoms with Crippen LogP contribution in [0, 0.1) is 6.92 Å². The second kappa shape index (κ2) is 9.90. The number of Topliss-reactive ketones (excluding diaryl/α,β-unsaturated/α-hetero) is 1. The van der Waals surface area contributed by atoms with E-state index >= 15 is 0 Å². The van der Waals surface area contributed by atoms with Gasteiger partial charge in [0, 0.05) is 19.8 Å². The molecule has 2 amide bonds. The van der Waals surface area contributed by atoms with Crippen molar-refractivity contribution in [3.05, 3.63) is 98.9 Å². The lowest BCUT2D eigenvalue weighted by molar-refractivity contribution is -0.122. The van der Waals surface area contributed by atoms with Crippen LogP contribution in [0.15, 0.2) is 92.0 Å². The van der Waals surface area contributed by atoms with Gasteiger partial charge < -0.3 is 0 Å². The van der Waals surface area contributed by atoms with Crippen molar-refractivity contribution in [1.29, 1.82) is 0 Å². The Kier molecular flexibility index (Phi) is 6.98. The molecule has 1 aliphatic rings. The van der Waals surface area contributed by atoms with Crippen LogP contribution >= 0.6 is 39.5 Å². The molecule has 0 bridgehead atoms. The van der Waals surface area contributed by atoms with E-state index in [0.29, 0.717) is 10.5 Å². The Balaban J connectivity index is 1.43. The minimum Gasteiger partial charge on any atom is -0.292 e. The second-order valence-electron chi connectivity index (χ2n) is 7.18. The smallest absolute Gasteiger partial charge is 0.292 e. The van der Waals surface area contributed by atoms with Crippen LogP contribution in [0.2, 0.25) is 0 Å². The molecule has 7 heteroatoms. The van der Waals surface area contributed by atoms with Crippen LogP contribution in [-0.4, -0.2) is 28.4 Å². The summed E-state index contributed by atoms with van der Waals surface area (Å²) in [4.78, 5) is 41.1. The number of rotatable bonds is 6. The van der Waals surface area contributed by atoms with Gasteiger partial charge in [0.15, 0.2) is 5.78 Å². The SMILES string of the molecule is Cc1ccc(Sc2ccc(/C=C3\SC(=O)N(CC(=O)c4ccc(Br)cc4)C3=O)cc2)cc1. The number of benzene rings is 3. The van der Waals surface area contributed by atoms with E-state index in [4.69, 9.17) is 0 Å². The van der Waals surface area contributed by atoms with E-state index in [2.05, 4.69) is 47.1 Å². The van der Waals surface area contributed by atoms with Crippen LogP contribution in [-0.2, 0) is 4.79 Å². The molecule has 1 aliphatic heterocycles. The Morgan fingerprint density at radius 2 is 1.53 bits per heavy atom. The third-order valence-corrected chi connectivity index (χ3v) is 7.23. The van der Waals surface area contributed by atoms with Crippen molar-refractivity contribution in [2.24, 2.45) is 0 Å². The van der Waals surface area contributed by atoms with Crippen LogP contribution in [0.25, 0.3) is 6.08 Å². The van der Waals surface area contributed by atoms with Gasteiger partial charge in [0.2, 0.25) is 0 Å². The maximum atomic E-state index is 12.7. The fourth-order valence-corrected chi connectivity index (χ4v) is 4.95. The summed E-state index contributed by atoms with van der Waals surface area (Å²) in [7, 11) is 0. The average molecular weight is 524 g/mol. The first kappa shape index (κ1) is 22.6. The van der Waals surface area contributed by atoms with Gasteiger partial charge in [0.1, 0.15) is 0 Å². The average Bonchev–Trinajstić information content (AvgIpc) is 3.04. The molecule has 0 spiro atoms. The Bertz CT molecular complexity index is 1200. The normalized spacial score (nSPS) is 14.9. The Morgan fingerprint density at radius 1 is 0.938 bits per heavy atom. The van der Waals surface area contributed by atoms with Crippen molar-refractivity contribution in [2.45, 2.75) is 16.7 Å². The van der Waals surface area contributed by atoms with E-state index in [1.165, 1.54) is 5.56 Å². The van der Waals surface area contributed by atoms with E-state index in [1.54, 1.807) is 42.1 Å². The molecule has 32 heavy (non-hydrogen) atoms. The molecule has 1 saturated heterocycles. The molecule has 0 unspecified atom stereocenters. The van der Waals surface area contributed by atoms with Gasteiger partial charge in [-0.2, -0.15) is 0 Å². The number of hydrogen-bond donors (Lipinski definition) is 0. The Labute approximate surface area is 203 Å². The Hall–Kier alpha value is -2.61. The van der Waals surface area contributed by atoms with Gasteiger partial charge in [0.25, 0.3) is 11.1 Å². The van der Waals surface area contributed by atoms with Crippen molar-refractivity contribution in [2.75, 3.05) is 6.54 Å². The molecule has 1 fully saturated rings. The third kappa shape index (κ3) is 5.41. The van der Waals surface area contributed by atoms with Gasteiger partial charge >= 0.3 is 0 Å². The molecule has 4 nitrogen and oxygen atoms in total. The summed E-state index contributed by atoms with van der Waals surface area (Å²) >= 11 is 5.84. The number of carbonyl (C=O) groups excluding carboxylic acids is 3. The molecule has 3 aromatic rings. The zero-order valence-electron chi connectivity index (χ0n) is 17.1. The van der Waals surface area contributed by atoms with E-state index < -0.39 is 11.1 Å². The number of amides is 2. The number of carbonyl (C=O) groups is 3. The molecule has 0 saturated carbocycles. The highest BCUT2D eigenvalue weighted by molar-refractivity contribution is 9.10. The molecule has 0 aromatic heterocycles. The summed E-state index contributed by atoms with van der Waals surface area (Å²) in [6.45, 7) is 1.79. The molecule has 4 rings (SSSR count). The van der Waals surface area contributed by atoms with Crippen LogP contribution in [0.3, 0.4) is 0 Å². The van der Waals surface area contributed by atoms with Crippen molar-refractivity contribution in [3.63, 3.8) is 0 Å². The van der Waals surface area contributed by atoms with Gasteiger partial charge in [-0.1, -0.05) is 69.7 Å². The molecule has 3 aromatic carbocycles. The molecule has 0 radical (unpaired) electrons. The highest BCUT2D eigenvalue weighted by atomic mass is 79.9. The Morgan fingerprint density at radius 3 is 2.16 bits per heavy atom. The standard InChI is InChI=1S/C25H18BrNO3S2/c1-16-2-10-20(11-3-16)31-21-12-4-17(5-13-21)14-23-24(29)27(25(30)32-23)15-22(28)18-6-8-19(26)9-7-18/h2-14H,15H2,1H3/b23-14-. The van der Waals surface area contributed by atoms with Gasteiger partial charge in [-0.25, -0.2) is 0 Å². The first-order chi connectivity index (χ1) is 15.4. The molecule has 0 atom stereocenters. The van der Waals surface area contributed by atoms with Gasteiger partial charge in [-0.15, -0.1) is 0 Å². The first-order valence-corrected chi connectivity index (χ1v) is 12.2. The van der Waals surface area contributed by atoms with E-state index in [-0.39, 0.29) is 12.3 Å². The molecule has 160 valence electrons. The molecular formula is C25H18BrNO3S2. The van der Waals surface area contributed by atoms with Crippen LogP contribution in [0.4, 0.5) is 4.79 Å². The fourth-order valence-electron chi connectivity index (χ4n) is 3.03. The fraction of sp³-hybridized carbons (Fsp3) is 0.0800. The summed E-state index contributed by atoms with van der Waals surface area (Å²) in [6, 6.07) is 22.9. The van der Waals surface area contributed by atoms with Crippen LogP contribution in [0.1, 0.15) is 21.5 Å². The summed E-state index contributed by atoms with van der Waals surface area (Å²) in [5, 5.41) is -0.432. The summed E-state index contributed by atoms with van der Waals surface area (Å²) < 4.78 is 0.853. The maximum Gasteiger partial charge on any atom is 0.293 e. The highest BCUT2D eigenvalue weighted by Crippen LogP contribution is 2.33. The first-order valence-electron chi connectivity index (χ1n) is 9.78. The minimum atomic E-state index is -0.441. The van der Waals surface area contributed by atoms with Gasteiger partial charge in [-0.3, -0.25) is 19.3 Å². The lowest BCUT2D eigenvalue weighted by Crippen LogP contribution is -2.33. The molecule has 0 N–H and O–H groups in total. The predicted octanol–water partition coefficient (Wildman–Crippen LogP) is 6.83. The topological polar surface area (TPSA) is 54.5 Å². The monoisotopic (exact) mass is 523 g/mol. The summed E-state index contributed by atoms with van der Waals surface area (Å²) in [5.74, 6) is -0.720.